The van der Waals surface area contributed by atoms with Crippen LogP contribution in [0.1, 0.15) is 30.0 Å². The molecule has 0 spiro atoms. The first-order valence-electron chi connectivity index (χ1n) is 3.66. The lowest BCUT2D eigenvalue weighted by atomic mass is 10.1. The van der Waals surface area contributed by atoms with Gasteiger partial charge in [0.15, 0.2) is 11.5 Å². The summed E-state index contributed by atoms with van der Waals surface area (Å²) in [7, 11) is 0. The number of alkyl halides is 1. The van der Waals surface area contributed by atoms with Crippen molar-refractivity contribution >= 4 is 18.4 Å². The smallest absolute Gasteiger partial charge is 0.338 e. The van der Waals surface area contributed by atoms with Crippen molar-refractivity contribution in [1.29, 1.82) is 0 Å². The molecule has 78 valence electrons. The first kappa shape index (κ1) is 12.8. The second-order valence-corrected chi connectivity index (χ2v) is 3.07. The maximum absolute atomic E-state index is 13.2. The van der Waals surface area contributed by atoms with Gasteiger partial charge in [0.2, 0.25) is 0 Å². The summed E-state index contributed by atoms with van der Waals surface area (Å²) in [6.07, 6.45) is 2.18. The Morgan fingerprint density at radius 3 is 2.14 bits per heavy atom. The lowest BCUT2D eigenvalue weighted by Crippen LogP contribution is -2.14. The molecule has 1 heterocycles. The number of rotatable bonds is 2. The normalized spacial score (nSPS) is 10.5. The molecule has 0 aliphatic carbocycles. The van der Waals surface area contributed by atoms with Crippen LogP contribution in [0.3, 0.4) is 0 Å². The average molecular weight is 221 g/mol. The van der Waals surface area contributed by atoms with Crippen LogP contribution in [-0.4, -0.2) is 21.0 Å². The van der Waals surface area contributed by atoms with E-state index in [0.717, 1.165) is 12.4 Å². The summed E-state index contributed by atoms with van der Waals surface area (Å²) in [5, 5.41) is 8.50. The van der Waals surface area contributed by atoms with Gasteiger partial charge in [-0.25, -0.2) is 19.2 Å². The van der Waals surface area contributed by atoms with E-state index in [4.69, 9.17) is 5.11 Å². The lowest BCUT2D eigenvalue weighted by molar-refractivity contribution is 0.0695. The molecule has 0 bridgehead atoms. The summed E-state index contributed by atoms with van der Waals surface area (Å²) in [5.41, 5.74) is -1.69. The zero-order valence-electron chi connectivity index (χ0n) is 7.69. The van der Waals surface area contributed by atoms with Gasteiger partial charge in [-0.15, -0.1) is 12.4 Å². The highest BCUT2D eigenvalue weighted by atomic mass is 35.5. The Bertz CT molecular complexity index is 321. The monoisotopic (exact) mass is 220 g/mol. The fourth-order valence-electron chi connectivity index (χ4n) is 0.745. The minimum absolute atomic E-state index is 0. The summed E-state index contributed by atoms with van der Waals surface area (Å²) in [4.78, 5) is 17.6. The van der Waals surface area contributed by atoms with Crippen LogP contribution in [0.15, 0.2) is 12.4 Å². The third-order valence-electron chi connectivity index (χ3n) is 1.43. The zero-order chi connectivity index (χ0) is 10.1. The van der Waals surface area contributed by atoms with E-state index in [1.165, 1.54) is 13.8 Å². The molecule has 0 saturated heterocycles. The summed E-state index contributed by atoms with van der Waals surface area (Å²) in [6.45, 7) is 2.62. The number of nitrogens with zero attached hydrogens (tertiary/aromatic N) is 2. The molecule has 0 fully saturated rings. The SMILES string of the molecule is CC(C)(F)c1ncc(C(=O)O)cn1.Cl. The number of aromatic nitrogens is 2. The first-order chi connectivity index (χ1) is 5.91. The van der Waals surface area contributed by atoms with E-state index >= 15 is 0 Å². The minimum atomic E-state index is -1.64. The van der Waals surface area contributed by atoms with E-state index in [1.54, 1.807) is 0 Å². The fourth-order valence-corrected chi connectivity index (χ4v) is 0.745. The van der Waals surface area contributed by atoms with E-state index in [1.807, 2.05) is 0 Å². The van der Waals surface area contributed by atoms with E-state index in [-0.39, 0.29) is 23.8 Å². The molecular weight excluding hydrogens is 211 g/mol. The maximum Gasteiger partial charge on any atom is 0.338 e. The Hall–Kier alpha value is -1.23. The van der Waals surface area contributed by atoms with Crippen molar-refractivity contribution < 1.29 is 14.3 Å². The molecule has 4 nitrogen and oxygen atoms in total. The van der Waals surface area contributed by atoms with E-state index in [0.29, 0.717) is 0 Å². The zero-order valence-corrected chi connectivity index (χ0v) is 8.51. The number of halogens is 2. The Balaban J connectivity index is 0.00000169. The number of hydrogen-bond acceptors (Lipinski definition) is 3. The number of carboxylic acid groups (broad SMARTS) is 1. The molecule has 1 N–H and O–H groups in total. The number of carbonyl (C=O) groups is 1. The molecule has 1 aromatic rings. The molecule has 0 radical (unpaired) electrons. The number of hydrogen-bond donors (Lipinski definition) is 1. The largest absolute Gasteiger partial charge is 0.478 e. The highest BCUT2D eigenvalue weighted by Crippen LogP contribution is 2.19. The van der Waals surface area contributed by atoms with Gasteiger partial charge in [-0.05, 0) is 13.8 Å². The van der Waals surface area contributed by atoms with Crippen molar-refractivity contribution in [1.82, 2.24) is 9.97 Å². The Morgan fingerprint density at radius 2 is 1.86 bits per heavy atom. The third kappa shape index (κ3) is 2.92. The van der Waals surface area contributed by atoms with Crippen molar-refractivity contribution in [2.75, 3.05) is 0 Å². The van der Waals surface area contributed by atoms with Crippen molar-refractivity contribution in [2.45, 2.75) is 19.5 Å². The van der Waals surface area contributed by atoms with Crippen molar-refractivity contribution in [3.63, 3.8) is 0 Å². The van der Waals surface area contributed by atoms with Crippen LogP contribution in [-0.2, 0) is 5.67 Å². The van der Waals surface area contributed by atoms with Crippen molar-refractivity contribution in [3.8, 4) is 0 Å². The average Bonchev–Trinajstić information content (AvgIpc) is 2.03. The van der Waals surface area contributed by atoms with Crippen LogP contribution in [0, 0.1) is 0 Å². The van der Waals surface area contributed by atoms with Crippen LogP contribution >= 0.6 is 12.4 Å². The summed E-state index contributed by atoms with van der Waals surface area (Å²) < 4.78 is 13.2. The molecule has 1 aromatic heterocycles. The van der Waals surface area contributed by atoms with Crippen LogP contribution in [0.4, 0.5) is 4.39 Å². The van der Waals surface area contributed by atoms with Gasteiger partial charge in [-0.3, -0.25) is 0 Å². The van der Waals surface area contributed by atoms with Crippen LogP contribution in [0.5, 0.6) is 0 Å². The molecule has 14 heavy (non-hydrogen) atoms. The third-order valence-corrected chi connectivity index (χ3v) is 1.43. The van der Waals surface area contributed by atoms with E-state index in [2.05, 4.69) is 9.97 Å². The summed E-state index contributed by atoms with van der Waals surface area (Å²) in [6, 6.07) is 0. The maximum atomic E-state index is 13.2. The molecule has 0 aromatic carbocycles. The minimum Gasteiger partial charge on any atom is -0.478 e. The first-order valence-corrected chi connectivity index (χ1v) is 3.66. The molecule has 0 aliphatic heterocycles. The summed E-state index contributed by atoms with van der Waals surface area (Å²) in [5.74, 6) is -1.14. The quantitative estimate of drug-likeness (QED) is 0.826. The Morgan fingerprint density at radius 1 is 1.43 bits per heavy atom. The topological polar surface area (TPSA) is 63.1 Å². The van der Waals surface area contributed by atoms with Gasteiger partial charge in [0.05, 0.1) is 5.56 Å². The van der Waals surface area contributed by atoms with Crippen molar-refractivity contribution in [3.05, 3.63) is 23.8 Å². The number of aromatic carboxylic acids is 1. The molecule has 0 amide bonds. The number of carboxylic acids is 1. The molecular formula is C8H10ClFN2O2. The summed E-state index contributed by atoms with van der Waals surface area (Å²) >= 11 is 0. The lowest BCUT2D eigenvalue weighted by Gasteiger charge is -2.11. The van der Waals surface area contributed by atoms with Gasteiger partial charge in [-0.2, -0.15) is 0 Å². The van der Waals surface area contributed by atoms with E-state index < -0.39 is 11.6 Å². The van der Waals surface area contributed by atoms with Crippen LogP contribution < -0.4 is 0 Å². The fraction of sp³-hybridized carbons (Fsp3) is 0.375. The molecule has 1 rings (SSSR count). The van der Waals surface area contributed by atoms with Gasteiger partial charge in [-0.1, -0.05) is 0 Å². The standard InChI is InChI=1S/C8H9FN2O2.ClH/c1-8(2,9)7-10-3-5(4-11-7)6(12)13;/h3-4H,1-2H3,(H,12,13);1H. The Labute approximate surface area is 86.6 Å². The van der Waals surface area contributed by atoms with Gasteiger partial charge in [0.25, 0.3) is 0 Å². The molecule has 6 heteroatoms. The van der Waals surface area contributed by atoms with Gasteiger partial charge >= 0.3 is 5.97 Å². The van der Waals surface area contributed by atoms with Crippen LogP contribution in [0.2, 0.25) is 0 Å². The van der Waals surface area contributed by atoms with Crippen LogP contribution in [0.25, 0.3) is 0 Å². The highest BCUT2D eigenvalue weighted by Gasteiger charge is 2.22. The second kappa shape index (κ2) is 4.32. The molecule has 0 atom stereocenters. The molecule has 0 unspecified atom stereocenters. The van der Waals surface area contributed by atoms with Gasteiger partial charge in [0.1, 0.15) is 0 Å². The second-order valence-electron chi connectivity index (χ2n) is 3.07. The predicted molar refractivity (Wildman–Crippen MR) is 50.4 cm³/mol. The highest BCUT2D eigenvalue weighted by molar-refractivity contribution is 5.86. The molecule has 0 aliphatic rings. The van der Waals surface area contributed by atoms with Crippen molar-refractivity contribution in [2.24, 2.45) is 0 Å². The molecule has 0 saturated carbocycles. The Kier molecular flexibility index (Phi) is 3.94. The predicted octanol–water partition coefficient (Wildman–Crippen LogP) is 1.80. The van der Waals surface area contributed by atoms with Gasteiger partial charge < -0.3 is 5.11 Å². The van der Waals surface area contributed by atoms with E-state index in [9.17, 15) is 9.18 Å². The van der Waals surface area contributed by atoms with Gasteiger partial charge in [0, 0.05) is 12.4 Å².